The van der Waals surface area contributed by atoms with Crippen LogP contribution in [0.2, 0.25) is 0 Å². The van der Waals surface area contributed by atoms with Crippen molar-refractivity contribution in [2.75, 3.05) is 0 Å². The molecule has 12 heavy (non-hydrogen) atoms. The molecule has 4 nitrogen and oxygen atoms in total. The summed E-state index contributed by atoms with van der Waals surface area (Å²) in [5.41, 5.74) is 0.715. The third-order valence-corrected chi connectivity index (χ3v) is 1.31. The number of ether oxygens (including phenoxy) is 1. The van der Waals surface area contributed by atoms with Crippen molar-refractivity contribution >= 4 is 5.97 Å². The number of hydrogen-bond acceptors (Lipinski definition) is 4. The molecule has 1 heterocycles. The molecule has 0 spiro atoms. The summed E-state index contributed by atoms with van der Waals surface area (Å²) in [5, 5.41) is 0. The Morgan fingerprint density at radius 3 is 3.08 bits per heavy atom. The van der Waals surface area contributed by atoms with Gasteiger partial charge in [0.2, 0.25) is 0 Å². The minimum atomic E-state index is -0.214. The Kier molecular flexibility index (Phi) is 3.19. The van der Waals surface area contributed by atoms with Gasteiger partial charge in [-0.3, -0.25) is 4.79 Å². The number of nitrogens with zero attached hydrogens (tertiary/aromatic N) is 2. The fourth-order valence-electron chi connectivity index (χ4n) is 0.660. The fraction of sp³-hybridized carbons (Fsp3) is 0.375. The molecule has 0 saturated carbocycles. The van der Waals surface area contributed by atoms with E-state index in [-0.39, 0.29) is 12.6 Å². The lowest BCUT2D eigenvalue weighted by Gasteiger charge is -2.00. The van der Waals surface area contributed by atoms with Gasteiger partial charge in [0.15, 0.2) is 0 Å². The molecular formula is C8H10N2O2. The van der Waals surface area contributed by atoms with Gasteiger partial charge in [-0.05, 0) is 6.07 Å². The van der Waals surface area contributed by atoms with E-state index in [0.29, 0.717) is 12.1 Å². The van der Waals surface area contributed by atoms with Gasteiger partial charge in [0.25, 0.3) is 0 Å². The molecule has 1 aromatic heterocycles. The minimum Gasteiger partial charge on any atom is -0.459 e. The molecule has 0 aliphatic rings. The van der Waals surface area contributed by atoms with Gasteiger partial charge in [0.1, 0.15) is 12.9 Å². The van der Waals surface area contributed by atoms with Crippen molar-refractivity contribution in [2.24, 2.45) is 0 Å². The van der Waals surface area contributed by atoms with Crippen LogP contribution in [0.3, 0.4) is 0 Å². The number of rotatable bonds is 3. The smallest absolute Gasteiger partial charge is 0.305 e. The summed E-state index contributed by atoms with van der Waals surface area (Å²) in [6.07, 6.45) is 3.43. The summed E-state index contributed by atoms with van der Waals surface area (Å²) >= 11 is 0. The number of esters is 1. The normalized spacial score (nSPS) is 9.42. The molecular weight excluding hydrogens is 156 g/mol. The highest BCUT2D eigenvalue weighted by Gasteiger charge is 1.98. The highest BCUT2D eigenvalue weighted by molar-refractivity contribution is 5.68. The highest BCUT2D eigenvalue weighted by Crippen LogP contribution is 1.95. The summed E-state index contributed by atoms with van der Waals surface area (Å²) in [7, 11) is 0. The summed E-state index contributed by atoms with van der Waals surface area (Å²) < 4.78 is 4.85. The highest BCUT2D eigenvalue weighted by atomic mass is 16.5. The molecule has 0 aromatic carbocycles. The van der Waals surface area contributed by atoms with Gasteiger partial charge in [-0.25, -0.2) is 9.97 Å². The van der Waals surface area contributed by atoms with Gasteiger partial charge in [0, 0.05) is 12.6 Å². The first-order chi connectivity index (χ1) is 5.83. The van der Waals surface area contributed by atoms with Crippen molar-refractivity contribution in [1.29, 1.82) is 0 Å². The van der Waals surface area contributed by atoms with Gasteiger partial charge >= 0.3 is 5.97 Å². The van der Waals surface area contributed by atoms with Crippen LogP contribution in [-0.2, 0) is 16.1 Å². The zero-order chi connectivity index (χ0) is 8.81. The van der Waals surface area contributed by atoms with Crippen LogP contribution in [0.1, 0.15) is 19.0 Å². The van der Waals surface area contributed by atoms with E-state index in [1.807, 2.05) is 0 Å². The Balaban J connectivity index is 2.38. The number of aromatic nitrogens is 2. The van der Waals surface area contributed by atoms with Crippen molar-refractivity contribution in [1.82, 2.24) is 9.97 Å². The Morgan fingerprint density at radius 2 is 2.50 bits per heavy atom. The fourth-order valence-corrected chi connectivity index (χ4v) is 0.660. The average molecular weight is 166 g/mol. The SMILES string of the molecule is CCC(=O)OCc1ccncn1. The predicted octanol–water partition coefficient (Wildman–Crippen LogP) is 0.930. The van der Waals surface area contributed by atoms with Crippen molar-refractivity contribution in [3.05, 3.63) is 24.3 Å². The molecule has 1 aromatic rings. The van der Waals surface area contributed by atoms with Crippen molar-refractivity contribution < 1.29 is 9.53 Å². The first-order valence-corrected chi connectivity index (χ1v) is 3.73. The van der Waals surface area contributed by atoms with Crippen molar-refractivity contribution in [3.8, 4) is 0 Å². The van der Waals surface area contributed by atoms with E-state index in [4.69, 9.17) is 4.74 Å². The average Bonchev–Trinajstić information content (AvgIpc) is 2.16. The van der Waals surface area contributed by atoms with Crippen LogP contribution in [0.15, 0.2) is 18.6 Å². The van der Waals surface area contributed by atoms with Crippen LogP contribution in [0.5, 0.6) is 0 Å². The summed E-state index contributed by atoms with van der Waals surface area (Å²) in [5.74, 6) is -0.214. The van der Waals surface area contributed by atoms with Crippen molar-refractivity contribution in [2.45, 2.75) is 20.0 Å². The lowest BCUT2D eigenvalue weighted by molar-refractivity contribution is -0.144. The molecule has 0 saturated heterocycles. The monoisotopic (exact) mass is 166 g/mol. The molecule has 0 bridgehead atoms. The second-order valence-corrected chi connectivity index (χ2v) is 2.21. The standard InChI is InChI=1S/C8H10N2O2/c1-2-8(11)12-5-7-3-4-9-6-10-7/h3-4,6H,2,5H2,1H3. The zero-order valence-corrected chi connectivity index (χ0v) is 6.86. The Morgan fingerprint density at radius 1 is 1.67 bits per heavy atom. The van der Waals surface area contributed by atoms with E-state index in [9.17, 15) is 4.79 Å². The number of hydrogen-bond donors (Lipinski definition) is 0. The quantitative estimate of drug-likeness (QED) is 0.627. The molecule has 1 rings (SSSR count). The summed E-state index contributed by atoms with van der Waals surface area (Å²) in [6, 6.07) is 1.71. The number of carbonyl (C=O) groups is 1. The molecule has 0 unspecified atom stereocenters. The van der Waals surface area contributed by atoms with Crippen LogP contribution < -0.4 is 0 Å². The molecule has 0 aliphatic heterocycles. The molecule has 0 amide bonds. The summed E-state index contributed by atoms with van der Waals surface area (Å²) in [4.78, 5) is 18.4. The number of carbonyl (C=O) groups excluding carboxylic acids is 1. The van der Waals surface area contributed by atoms with Crippen molar-refractivity contribution in [3.63, 3.8) is 0 Å². The van der Waals surface area contributed by atoms with Gasteiger partial charge in [-0.2, -0.15) is 0 Å². The van der Waals surface area contributed by atoms with Crippen LogP contribution in [-0.4, -0.2) is 15.9 Å². The maximum atomic E-state index is 10.7. The van der Waals surface area contributed by atoms with Gasteiger partial charge in [-0.1, -0.05) is 6.92 Å². The zero-order valence-electron chi connectivity index (χ0n) is 6.86. The van der Waals surface area contributed by atoms with E-state index in [1.54, 1.807) is 19.2 Å². The van der Waals surface area contributed by atoms with E-state index in [2.05, 4.69) is 9.97 Å². The molecule has 4 heteroatoms. The predicted molar refractivity (Wildman–Crippen MR) is 42.1 cm³/mol. The maximum absolute atomic E-state index is 10.7. The second kappa shape index (κ2) is 4.43. The third-order valence-electron chi connectivity index (χ3n) is 1.31. The Labute approximate surface area is 70.6 Å². The first kappa shape index (κ1) is 8.64. The molecule has 0 N–H and O–H groups in total. The molecule has 0 aliphatic carbocycles. The largest absolute Gasteiger partial charge is 0.459 e. The third kappa shape index (κ3) is 2.65. The van der Waals surface area contributed by atoms with E-state index in [1.165, 1.54) is 6.33 Å². The Hall–Kier alpha value is -1.45. The molecule has 0 fully saturated rings. The van der Waals surface area contributed by atoms with Crippen LogP contribution in [0, 0.1) is 0 Å². The second-order valence-electron chi connectivity index (χ2n) is 2.21. The molecule has 64 valence electrons. The summed E-state index contributed by atoms with van der Waals surface area (Å²) in [6.45, 7) is 1.98. The van der Waals surface area contributed by atoms with Crippen LogP contribution >= 0.6 is 0 Å². The lowest BCUT2D eigenvalue weighted by atomic mass is 10.4. The first-order valence-electron chi connectivity index (χ1n) is 3.73. The minimum absolute atomic E-state index is 0.214. The maximum Gasteiger partial charge on any atom is 0.305 e. The van der Waals surface area contributed by atoms with E-state index in [0.717, 1.165) is 0 Å². The topological polar surface area (TPSA) is 52.1 Å². The van der Waals surface area contributed by atoms with Crippen LogP contribution in [0.25, 0.3) is 0 Å². The van der Waals surface area contributed by atoms with Gasteiger partial charge in [0.05, 0.1) is 5.69 Å². The van der Waals surface area contributed by atoms with Crippen LogP contribution in [0.4, 0.5) is 0 Å². The molecule has 0 radical (unpaired) electrons. The molecule has 0 atom stereocenters. The van der Waals surface area contributed by atoms with Gasteiger partial charge < -0.3 is 4.74 Å². The Bertz CT molecular complexity index is 248. The lowest BCUT2D eigenvalue weighted by Crippen LogP contribution is -2.03. The van der Waals surface area contributed by atoms with E-state index < -0.39 is 0 Å². The van der Waals surface area contributed by atoms with Gasteiger partial charge in [-0.15, -0.1) is 0 Å². The van der Waals surface area contributed by atoms with E-state index >= 15 is 0 Å².